The van der Waals surface area contributed by atoms with E-state index < -0.39 is 6.04 Å². The standard InChI is InChI=1S/C27H21N5O2S/c1-18-17-35-26(24(15-28)31-27(33)19-14-21-6-5-13-29-32(21)16-19)25(18)30-20-9-11-23(12-10-20)34-22-7-3-2-4-8-22/h2-14,16-17,24,30H,1H3,(H,31,33). The largest absolute Gasteiger partial charge is 0.457 e. The number of amides is 1. The van der Waals surface area contributed by atoms with Crippen LogP contribution in [0.3, 0.4) is 0 Å². The minimum absolute atomic E-state index is 0.332. The van der Waals surface area contributed by atoms with Crippen molar-refractivity contribution in [3.05, 3.63) is 107 Å². The predicted octanol–water partition coefficient (Wildman–Crippen LogP) is 6.23. The Bertz CT molecular complexity index is 1480. The first-order valence-electron chi connectivity index (χ1n) is 10.9. The van der Waals surface area contributed by atoms with Gasteiger partial charge < -0.3 is 15.4 Å². The number of nitrogens with one attached hydrogen (secondary N) is 2. The summed E-state index contributed by atoms with van der Waals surface area (Å²) < 4.78 is 7.49. The number of anilines is 2. The smallest absolute Gasteiger partial charge is 0.254 e. The van der Waals surface area contributed by atoms with E-state index in [1.807, 2.05) is 79.0 Å². The molecule has 1 amide bonds. The van der Waals surface area contributed by atoms with Crippen LogP contribution in [0, 0.1) is 18.3 Å². The van der Waals surface area contributed by atoms with Crippen molar-refractivity contribution >= 4 is 34.1 Å². The Morgan fingerprint density at radius 3 is 2.60 bits per heavy atom. The molecule has 2 aromatic carbocycles. The molecule has 0 aliphatic rings. The van der Waals surface area contributed by atoms with E-state index in [4.69, 9.17) is 4.74 Å². The van der Waals surface area contributed by atoms with E-state index in [1.54, 1.807) is 23.0 Å². The molecule has 0 saturated carbocycles. The fourth-order valence-electron chi connectivity index (χ4n) is 3.65. The van der Waals surface area contributed by atoms with Crippen molar-refractivity contribution in [3.63, 3.8) is 0 Å². The van der Waals surface area contributed by atoms with Crippen LogP contribution < -0.4 is 15.4 Å². The van der Waals surface area contributed by atoms with Gasteiger partial charge in [0.25, 0.3) is 5.91 Å². The summed E-state index contributed by atoms with van der Waals surface area (Å²) in [5.74, 6) is 1.16. The molecule has 0 aliphatic heterocycles. The average Bonchev–Trinajstić information content (AvgIpc) is 3.48. The van der Waals surface area contributed by atoms with Crippen LogP contribution in [0.4, 0.5) is 11.4 Å². The zero-order valence-corrected chi connectivity index (χ0v) is 19.6. The molecule has 0 spiro atoms. The zero-order chi connectivity index (χ0) is 24.2. The maximum absolute atomic E-state index is 12.9. The number of aromatic nitrogens is 2. The SMILES string of the molecule is Cc1csc(C(C#N)NC(=O)c2cc3cccnn3c2)c1Nc1ccc(Oc2ccccc2)cc1. The molecule has 3 aromatic heterocycles. The van der Waals surface area contributed by atoms with Gasteiger partial charge in [-0.05, 0) is 72.5 Å². The summed E-state index contributed by atoms with van der Waals surface area (Å²) in [5.41, 5.74) is 3.90. The predicted molar refractivity (Wildman–Crippen MR) is 136 cm³/mol. The molecule has 0 fully saturated rings. The van der Waals surface area contributed by atoms with E-state index in [9.17, 15) is 10.1 Å². The highest BCUT2D eigenvalue weighted by Gasteiger charge is 2.22. The third-order valence-electron chi connectivity index (χ3n) is 5.41. The molecule has 2 N–H and O–H groups in total. The normalized spacial score (nSPS) is 11.5. The van der Waals surface area contributed by atoms with Gasteiger partial charge in [-0.2, -0.15) is 10.4 Å². The lowest BCUT2D eigenvalue weighted by atomic mass is 10.1. The molecule has 0 saturated heterocycles. The van der Waals surface area contributed by atoms with Crippen LogP contribution in [0.25, 0.3) is 5.52 Å². The lowest BCUT2D eigenvalue weighted by Gasteiger charge is -2.15. The number of hydrogen-bond donors (Lipinski definition) is 2. The minimum Gasteiger partial charge on any atom is -0.457 e. The molecule has 0 radical (unpaired) electrons. The second kappa shape index (κ2) is 9.71. The van der Waals surface area contributed by atoms with Gasteiger partial charge in [0.2, 0.25) is 0 Å². The third kappa shape index (κ3) is 4.86. The Kier molecular flexibility index (Phi) is 6.16. The second-order valence-electron chi connectivity index (χ2n) is 7.88. The summed E-state index contributed by atoms with van der Waals surface area (Å²) in [6.07, 6.45) is 3.30. The van der Waals surface area contributed by atoms with E-state index in [2.05, 4.69) is 21.8 Å². The van der Waals surface area contributed by atoms with Gasteiger partial charge in [-0.1, -0.05) is 18.2 Å². The van der Waals surface area contributed by atoms with Crippen LogP contribution in [0.5, 0.6) is 11.5 Å². The van der Waals surface area contributed by atoms with Crippen molar-refractivity contribution in [3.8, 4) is 17.6 Å². The van der Waals surface area contributed by atoms with Crippen LogP contribution in [0.15, 0.2) is 90.6 Å². The summed E-state index contributed by atoms with van der Waals surface area (Å²) in [4.78, 5) is 13.6. The molecule has 8 heteroatoms. The first-order valence-corrected chi connectivity index (χ1v) is 11.8. The van der Waals surface area contributed by atoms with Crippen LogP contribution >= 0.6 is 11.3 Å². The average molecular weight is 480 g/mol. The number of thiophene rings is 1. The highest BCUT2D eigenvalue weighted by molar-refractivity contribution is 7.10. The van der Waals surface area contributed by atoms with E-state index in [0.29, 0.717) is 5.56 Å². The summed E-state index contributed by atoms with van der Waals surface area (Å²) >= 11 is 1.43. The van der Waals surface area contributed by atoms with E-state index in [1.165, 1.54) is 11.3 Å². The summed E-state index contributed by atoms with van der Waals surface area (Å²) in [6.45, 7) is 1.97. The van der Waals surface area contributed by atoms with Gasteiger partial charge in [-0.25, -0.2) is 4.52 Å². The van der Waals surface area contributed by atoms with E-state index in [-0.39, 0.29) is 5.91 Å². The highest BCUT2D eigenvalue weighted by Crippen LogP contribution is 2.35. The van der Waals surface area contributed by atoms with Crippen LogP contribution in [-0.2, 0) is 0 Å². The number of aryl methyl sites for hydroxylation is 1. The number of carbonyl (C=O) groups is 1. The van der Waals surface area contributed by atoms with E-state index in [0.717, 1.165) is 38.8 Å². The van der Waals surface area contributed by atoms with Crippen molar-refractivity contribution < 1.29 is 9.53 Å². The first-order chi connectivity index (χ1) is 17.1. The first kappa shape index (κ1) is 22.2. The number of carbonyl (C=O) groups excluding carboxylic acids is 1. The van der Waals surface area contributed by atoms with Crippen LogP contribution in [0.2, 0.25) is 0 Å². The number of fused-ring (bicyclic) bond motifs is 1. The van der Waals surface area contributed by atoms with Gasteiger partial charge >= 0.3 is 0 Å². The van der Waals surface area contributed by atoms with Crippen LogP contribution in [-0.4, -0.2) is 15.5 Å². The van der Waals surface area contributed by atoms with Crippen molar-refractivity contribution in [1.82, 2.24) is 14.9 Å². The molecular weight excluding hydrogens is 458 g/mol. The Labute approximate surface area is 206 Å². The fourth-order valence-corrected chi connectivity index (χ4v) is 4.65. The molecule has 5 aromatic rings. The molecule has 35 heavy (non-hydrogen) atoms. The van der Waals surface area contributed by atoms with Gasteiger partial charge in [0.15, 0.2) is 6.04 Å². The number of ether oxygens (including phenoxy) is 1. The molecule has 0 bridgehead atoms. The number of rotatable bonds is 7. The monoisotopic (exact) mass is 479 g/mol. The van der Waals surface area contributed by atoms with Gasteiger partial charge in [0.1, 0.15) is 11.5 Å². The quantitative estimate of drug-likeness (QED) is 0.289. The summed E-state index contributed by atoms with van der Waals surface area (Å²) in [7, 11) is 0. The Morgan fingerprint density at radius 2 is 1.86 bits per heavy atom. The van der Waals surface area contributed by atoms with Gasteiger partial charge in [0, 0.05) is 18.1 Å². The number of benzene rings is 2. The molecular formula is C27H21N5O2S. The number of hydrogen-bond acceptors (Lipinski definition) is 6. The number of nitriles is 1. The van der Waals surface area contributed by atoms with Crippen molar-refractivity contribution in [1.29, 1.82) is 5.26 Å². The van der Waals surface area contributed by atoms with Gasteiger partial charge in [-0.15, -0.1) is 11.3 Å². The second-order valence-corrected chi connectivity index (χ2v) is 8.79. The molecule has 3 heterocycles. The number of para-hydroxylation sites is 1. The zero-order valence-electron chi connectivity index (χ0n) is 18.8. The number of nitrogens with zero attached hydrogens (tertiary/aromatic N) is 3. The van der Waals surface area contributed by atoms with Crippen molar-refractivity contribution in [2.75, 3.05) is 5.32 Å². The molecule has 7 nitrogen and oxygen atoms in total. The van der Waals surface area contributed by atoms with Crippen LogP contribution in [0.1, 0.15) is 26.8 Å². The molecule has 172 valence electrons. The lowest BCUT2D eigenvalue weighted by molar-refractivity contribution is 0.0946. The minimum atomic E-state index is -0.805. The summed E-state index contributed by atoms with van der Waals surface area (Å²) in [6, 6.07) is 24.0. The Hall–Kier alpha value is -4.61. The molecule has 0 aliphatic carbocycles. The van der Waals surface area contributed by atoms with Crippen molar-refractivity contribution in [2.45, 2.75) is 13.0 Å². The summed E-state index contributed by atoms with van der Waals surface area (Å²) in [5, 5.41) is 22.3. The fraction of sp³-hybridized carbons (Fsp3) is 0.0741. The lowest BCUT2D eigenvalue weighted by Crippen LogP contribution is -2.27. The maximum Gasteiger partial charge on any atom is 0.254 e. The van der Waals surface area contributed by atoms with Crippen molar-refractivity contribution in [2.24, 2.45) is 0 Å². The van der Waals surface area contributed by atoms with Gasteiger partial charge in [0.05, 0.1) is 27.7 Å². The highest BCUT2D eigenvalue weighted by atomic mass is 32.1. The molecule has 5 rings (SSSR count). The molecule has 1 atom stereocenters. The molecule has 1 unspecified atom stereocenters. The Balaban J connectivity index is 1.32. The maximum atomic E-state index is 12.9. The topological polar surface area (TPSA) is 91.5 Å². The Morgan fingerprint density at radius 1 is 1.09 bits per heavy atom. The van der Waals surface area contributed by atoms with E-state index >= 15 is 0 Å². The van der Waals surface area contributed by atoms with Gasteiger partial charge in [-0.3, -0.25) is 4.79 Å². The third-order valence-corrected chi connectivity index (χ3v) is 6.57.